The lowest BCUT2D eigenvalue weighted by atomic mass is 10.0. The number of benzene rings is 1. The number of anilines is 1. The Hall–Kier alpha value is -3.37. The van der Waals surface area contributed by atoms with Crippen LogP contribution in [-0.2, 0) is 23.9 Å². The van der Waals surface area contributed by atoms with Crippen molar-refractivity contribution in [3.8, 4) is 0 Å². The van der Waals surface area contributed by atoms with Gasteiger partial charge in [0.05, 0.1) is 32.0 Å². The number of carbonyl (C=O) groups is 5. The highest BCUT2D eigenvalue weighted by atomic mass is 16.5. The Morgan fingerprint density at radius 3 is 2.61 bits per heavy atom. The number of imide groups is 1. The normalized spacial score (nSPS) is 15.5. The van der Waals surface area contributed by atoms with Crippen molar-refractivity contribution in [1.82, 2.24) is 10.2 Å². The Labute approximate surface area is 192 Å². The Morgan fingerprint density at radius 2 is 1.94 bits per heavy atom. The van der Waals surface area contributed by atoms with Crippen LogP contribution in [0.25, 0.3) is 0 Å². The Kier molecular flexibility index (Phi) is 10.4. The lowest BCUT2D eigenvalue weighted by molar-refractivity contribution is -0.136. The third-order valence-electron chi connectivity index (χ3n) is 5.10. The molecule has 2 N–H and O–H groups in total. The van der Waals surface area contributed by atoms with Gasteiger partial charge >= 0.3 is 0 Å². The number of rotatable bonds is 14. The number of nitrogens with zero attached hydrogens (tertiary/aromatic N) is 1. The molecule has 2 rings (SSSR count). The van der Waals surface area contributed by atoms with E-state index in [0.29, 0.717) is 63.2 Å². The first-order valence-electron chi connectivity index (χ1n) is 10.6. The molecule has 0 saturated carbocycles. The molecule has 33 heavy (non-hydrogen) atoms. The largest absolute Gasteiger partial charge is 0.382 e. The van der Waals surface area contributed by atoms with E-state index in [-0.39, 0.29) is 29.9 Å². The predicted octanol–water partition coefficient (Wildman–Crippen LogP) is 0.967. The van der Waals surface area contributed by atoms with Gasteiger partial charge in [-0.2, -0.15) is 0 Å². The molecular weight excluding hydrogens is 430 g/mol. The molecular formula is C23H29N3O7. The van der Waals surface area contributed by atoms with E-state index in [2.05, 4.69) is 17.2 Å². The van der Waals surface area contributed by atoms with E-state index in [1.165, 1.54) is 18.0 Å². The van der Waals surface area contributed by atoms with Crippen LogP contribution in [0.1, 0.15) is 40.0 Å². The van der Waals surface area contributed by atoms with Crippen LogP contribution in [0.2, 0.25) is 0 Å². The molecule has 1 aliphatic rings. The highest BCUT2D eigenvalue weighted by Gasteiger charge is 2.34. The van der Waals surface area contributed by atoms with Gasteiger partial charge in [0, 0.05) is 31.3 Å². The molecule has 0 aliphatic carbocycles. The van der Waals surface area contributed by atoms with Gasteiger partial charge in [-0.15, -0.1) is 0 Å². The smallest absolute Gasteiger partial charge is 0.257 e. The van der Waals surface area contributed by atoms with Crippen molar-refractivity contribution in [3.63, 3.8) is 0 Å². The number of ether oxygens (including phenoxy) is 2. The minimum Gasteiger partial charge on any atom is -0.382 e. The molecule has 178 valence electrons. The molecule has 1 aliphatic heterocycles. The predicted molar refractivity (Wildman–Crippen MR) is 120 cm³/mol. The molecule has 0 aromatic heterocycles. The van der Waals surface area contributed by atoms with E-state index in [4.69, 9.17) is 9.47 Å². The summed E-state index contributed by atoms with van der Waals surface area (Å²) in [4.78, 5) is 60.0. The average molecular weight is 459 g/mol. The van der Waals surface area contributed by atoms with Crippen molar-refractivity contribution in [3.05, 3.63) is 41.5 Å². The van der Waals surface area contributed by atoms with Crippen molar-refractivity contribution in [1.29, 1.82) is 0 Å². The molecule has 1 unspecified atom stereocenters. The molecule has 10 nitrogen and oxygen atoms in total. The van der Waals surface area contributed by atoms with Crippen molar-refractivity contribution in [2.45, 2.75) is 25.3 Å². The molecule has 10 heteroatoms. The standard InChI is InChI=1S/C23H29N3O7/c1-16(14-27)8-10-32-12-13-33-11-9-24-18-5-3-4-17(15-28)21(18)23(31)26(2)19-6-7-20(29)25-22(19)30/h3-5,14-15,19,24H,1,6-13H2,2H3,(H,25,29,30). The number of hydrogen-bond acceptors (Lipinski definition) is 8. The number of aldehydes is 2. The summed E-state index contributed by atoms with van der Waals surface area (Å²) in [5.41, 5.74) is 1.26. The van der Waals surface area contributed by atoms with Gasteiger partial charge in [-0.05, 0) is 24.5 Å². The van der Waals surface area contributed by atoms with Gasteiger partial charge in [0.15, 0.2) is 6.29 Å². The fourth-order valence-corrected chi connectivity index (χ4v) is 3.27. The van der Waals surface area contributed by atoms with Gasteiger partial charge in [0.25, 0.3) is 5.91 Å². The number of hydrogen-bond donors (Lipinski definition) is 2. The SMILES string of the molecule is C=C(C=O)CCOCCOCCNc1cccc(C=O)c1C(=O)N(C)C1CCC(=O)NC1=O. The zero-order valence-electron chi connectivity index (χ0n) is 18.6. The van der Waals surface area contributed by atoms with E-state index in [1.54, 1.807) is 12.1 Å². The van der Waals surface area contributed by atoms with Crippen LogP contribution in [0.4, 0.5) is 5.69 Å². The molecule has 1 aromatic carbocycles. The number of nitrogens with one attached hydrogen (secondary N) is 2. The van der Waals surface area contributed by atoms with Crippen molar-refractivity contribution in [2.24, 2.45) is 0 Å². The Bertz CT molecular complexity index is 900. The molecule has 1 saturated heterocycles. The molecule has 0 bridgehead atoms. The summed E-state index contributed by atoms with van der Waals surface area (Å²) in [5, 5.41) is 5.32. The van der Waals surface area contributed by atoms with Crippen molar-refractivity contribution >= 4 is 36.0 Å². The lowest BCUT2D eigenvalue weighted by Crippen LogP contribution is -2.53. The first-order valence-corrected chi connectivity index (χ1v) is 10.6. The maximum atomic E-state index is 13.2. The zero-order valence-corrected chi connectivity index (χ0v) is 18.6. The Balaban J connectivity index is 1.90. The summed E-state index contributed by atoms with van der Waals surface area (Å²) in [7, 11) is 1.47. The van der Waals surface area contributed by atoms with E-state index < -0.39 is 17.9 Å². The highest BCUT2D eigenvalue weighted by molar-refractivity contribution is 6.08. The molecule has 1 aromatic rings. The van der Waals surface area contributed by atoms with Crippen LogP contribution >= 0.6 is 0 Å². The quantitative estimate of drug-likeness (QED) is 0.182. The number of likely N-dealkylation sites (N-methyl/N-ethyl adjacent to an activating group) is 1. The summed E-state index contributed by atoms with van der Waals surface area (Å²) >= 11 is 0. The van der Waals surface area contributed by atoms with Crippen LogP contribution in [0.5, 0.6) is 0 Å². The molecule has 3 amide bonds. The zero-order chi connectivity index (χ0) is 24.2. The fourth-order valence-electron chi connectivity index (χ4n) is 3.27. The summed E-state index contributed by atoms with van der Waals surface area (Å²) in [6, 6.07) is 4.05. The van der Waals surface area contributed by atoms with E-state index in [9.17, 15) is 24.0 Å². The minimum atomic E-state index is -0.796. The maximum Gasteiger partial charge on any atom is 0.257 e. The number of carbonyl (C=O) groups excluding carboxylic acids is 5. The van der Waals surface area contributed by atoms with E-state index >= 15 is 0 Å². The van der Waals surface area contributed by atoms with Crippen molar-refractivity contribution < 1.29 is 33.4 Å². The number of amides is 3. The van der Waals surface area contributed by atoms with Gasteiger partial charge in [-0.1, -0.05) is 18.7 Å². The third kappa shape index (κ3) is 7.62. The van der Waals surface area contributed by atoms with Crippen molar-refractivity contribution in [2.75, 3.05) is 45.3 Å². The minimum absolute atomic E-state index is 0.140. The molecule has 1 atom stereocenters. The second-order valence-electron chi connectivity index (χ2n) is 7.45. The van der Waals surface area contributed by atoms with Crippen LogP contribution in [0, 0.1) is 0 Å². The first-order chi connectivity index (χ1) is 15.9. The fraction of sp³-hybridized carbons (Fsp3) is 0.435. The Morgan fingerprint density at radius 1 is 1.21 bits per heavy atom. The second kappa shape index (κ2) is 13.2. The van der Waals surface area contributed by atoms with Crippen LogP contribution < -0.4 is 10.6 Å². The highest BCUT2D eigenvalue weighted by Crippen LogP contribution is 2.23. The summed E-state index contributed by atoms with van der Waals surface area (Å²) in [5.74, 6) is -1.41. The topological polar surface area (TPSA) is 131 Å². The van der Waals surface area contributed by atoms with Gasteiger partial charge in [0.2, 0.25) is 11.8 Å². The van der Waals surface area contributed by atoms with Gasteiger partial charge in [0.1, 0.15) is 12.3 Å². The summed E-state index contributed by atoms with van der Waals surface area (Å²) < 4.78 is 10.8. The molecule has 0 radical (unpaired) electrons. The first kappa shape index (κ1) is 25.9. The van der Waals surface area contributed by atoms with Crippen LogP contribution in [0.15, 0.2) is 30.4 Å². The maximum absolute atomic E-state index is 13.2. The molecule has 0 spiro atoms. The lowest BCUT2D eigenvalue weighted by Gasteiger charge is -2.30. The molecule has 1 heterocycles. The molecule has 1 fully saturated rings. The van der Waals surface area contributed by atoms with Gasteiger partial charge < -0.3 is 19.7 Å². The van der Waals surface area contributed by atoms with Crippen LogP contribution in [-0.4, -0.2) is 81.3 Å². The number of piperidine rings is 1. The van der Waals surface area contributed by atoms with E-state index in [0.717, 1.165) is 0 Å². The average Bonchev–Trinajstić information content (AvgIpc) is 2.81. The summed E-state index contributed by atoms with van der Waals surface area (Å²) in [6.45, 7) is 5.38. The van der Waals surface area contributed by atoms with Gasteiger partial charge in [-0.3, -0.25) is 29.3 Å². The van der Waals surface area contributed by atoms with Crippen LogP contribution in [0.3, 0.4) is 0 Å². The monoisotopic (exact) mass is 459 g/mol. The third-order valence-corrected chi connectivity index (χ3v) is 5.10. The van der Waals surface area contributed by atoms with E-state index in [1.807, 2.05) is 0 Å². The second-order valence-corrected chi connectivity index (χ2v) is 7.45. The van der Waals surface area contributed by atoms with Gasteiger partial charge in [-0.25, -0.2) is 0 Å². The summed E-state index contributed by atoms with van der Waals surface area (Å²) in [6.07, 6.45) is 2.12.